The van der Waals surface area contributed by atoms with E-state index in [0.29, 0.717) is 13.0 Å². The van der Waals surface area contributed by atoms with Gasteiger partial charge < -0.3 is 10.2 Å². The molecule has 21 heavy (non-hydrogen) atoms. The van der Waals surface area contributed by atoms with Gasteiger partial charge in [-0.1, -0.05) is 24.3 Å². The highest BCUT2D eigenvalue weighted by Gasteiger charge is 2.05. The van der Waals surface area contributed by atoms with E-state index < -0.39 is 0 Å². The Morgan fingerprint density at radius 1 is 1.00 bits per heavy atom. The molecule has 0 aromatic heterocycles. The number of amides is 1. The molecule has 0 saturated carbocycles. The molecular weight excluding hydrogens is 267 g/mol. The van der Waals surface area contributed by atoms with Crippen molar-refractivity contribution >= 4 is 11.6 Å². The molecule has 0 aliphatic heterocycles. The smallest absolute Gasteiger partial charge is 0.226 e. The van der Waals surface area contributed by atoms with Crippen molar-refractivity contribution in [2.45, 2.75) is 13.0 Å². The van der Waals surface area contributed by atoms with E-state index in [0.717, 1.165) is 16.8 Å². The monoisotopic (exact) mass is 286 g/mol. The number of carbonyl (C=O) groups is 1. The van der Waals surface area contributed by atoms with Crippen LogP contribution in [0.15, 0.2) is 48.5 Å². The summed E-state index contributed by atoms with van der Waals surface area (Å²) in [5.74, 6) is -0.143. The predicted molar refractivity (Wildman–Crippen MR) is 82.6 cm³/mol. The summed E-state index contributed by atoms with van der Waals surface area (Å²) in [7, 11) is 3.50. The largest absolute Gasteiger partial charge is 0.381 e. The minimum atomic E-state index is -0.228. The van der Waals surface area contributed by atoms with Gasteiger partial charge in [-0.25, -0.2) is 4.39 Å². The summed E-state index contributed by atoms with van der Waals surface area (Å²) in [5, 5.41) is 3.27. The van der Waals surface area contributed by atoms with Crippen LogP contribution in [-0.2, 0) is 17.8 Å². The number of hydrogen-bond acceptors (Lipinski definition) is 2. The first-order chi connectivity index (χ1) is 10.0. The normalized spacial score (nSPS) is 10.2. The third-order valence-corrected chi connectivity index (χ3v) is 3.22. The van der Waals surface area contributed by atoms with E-state index in [1.165, 1.54) is 12.1 Å². The molecule has 2 rings (SSSR count). The Hall–Kier alpha value is -2.36. The van der Waals surface area contributed by atoms with E-state index in [4.69, 9.17) is 0 Å². The van der Waals surface area contributed by atoms with Crippen LogP contribution in [-0.4, -0.2) is 24.9 Å². The summed E-state index contributed by atoms with van der Waals surface area (Å²) in [6, 6.07) is 14.2. The molecule has 0 atom stereocenters. The first-order valence-corrected chi connectivity index (χ1v) is 6.82. The van der Waals surface area contributed by atoms with Gasteiger partial charge in [0, 0.05) is 26.3 Å². The SMILES string of the molecule is CN(C)C(=O)Cc1ccc(NCc2ccc(F)cc2)cc1. The van der Waals surface area contributed by atoms with Gasteiger partial charge in [-0.2, -0.15) is 0 Å². The molecule has 0 fully saturated rings. The van der Waals surface area contributed by atoms with Crippen molar-refractivity contribution in [3.8, 4) is 0 Å². The molecule has 0 bridgehead atoms. The second-order valence-corrected chi connectivity index (χ2v) is 5.14. The molecule has 0 aliphatic carbocycles. The first kappa shape index (κ1) is 15.0. The molecule has 1 amide bonds. The summed E-state index contributed by atoms with van der Waals surface area (Å²) in [6.07, 6.45) is 0.408. The fourth-order valence-electron chi connectivity index (χ4n) is 1.88. The van der Waals surface area contributed by atoms with Crippen molar-refractivity contribution in [1.29, 1.82) is 0 Å². The van der Waals surface area contributed by atoms with E-state index in [9.17, 15) is 9.18 Å². The van der Waals surface area contributed by atoms with Gasteiger partial charge in [-0.05, 0) is 35.4 Å². The molecule has 0 radical (unpaired) electrons. The maximum Gasteiger partial charge on any atom is 0.226 e. The van der Waals surface area contributed by atoms with Gasteiger partial charge in [0.2, 0.25) is 5.91 Å². The molecule has 4 heteroatoms. The summed E-state index contributed by atoms with van der Waals surface area (Å²) in [5.41, 5.74) is 2.98. The summed E-state index contributed by atoms with van der Waals surface area (Å²) in [6.45, 7) is 0.635. The minimum Gasteiger partial charge on any atom is -0.381 e. The Morgan fingerprint density at radius 3 is 2.14 bits per heavy atom. The van der Waals surface area contributed by atoms with Crippen molar-refractivity contribution < 1.29 is 9.18 Å². The molecule has 3 nitrogen and oxygen atoms in total. The highest BCUT2D eigenvalue weighted by Crippen LogP contribution is 2.12. The van der Waals surface area contributed by atoms with E-state index in [1.54, 1.807) is 31.1 Å². The Balaban J connectivity index is 1.90. The maximum atomic E-state index is 12.8. The van der Waals surface area contributed by atoms with Crippen molar-refractivity contribution in [3.63, 3.8) is 0 Å². The lowest BCUT2D eigenvalue weighted by molar-refractivity contribution is -0.127. The van der Waals surface area contributed by atoms with Gasteiger partial charge >= 0.3 is 0 Å². The van der Waals surface area contributed by atoms with E-state index in [1.807, 2.05) is 24.3 Å². The van der Waals surface area contributed by atoms with E-state index >= 15 is 0 Å². The number of hydrogen-bond donors (Lipinski definition) is 1. The molecule has 2 aromatic carbocycles. The molecule has 0 aliphatic rings. The zero-order valence-electron chi connectivity index (χ0n) is 12.3. The van der Waals surface area contributed by atoms with Crippen LogP contribution in [0.3, 0.4) is 0 Å². The Kier molecular flexibility index (Phi) is 4.93. The van der Waals surface area contributed by atoms with E-state index in [-0.39, 0.29) is 11.7 Å². The molecule has 0 spiro atoms. The number of nitrogens with zero attached hydrogens (tertiary/aromatic N) is 1. The van der Waals surface area contributed by atoms with Crippen LogP contribution in [0, 0.1) is 5.82 Å². The van der Waals surface area contributed by atoms with Crippen LogP contribution < -0.4 is 5.32 Å². The summed E-state index contributed by atoms with van der Waals surface area (Å²) < 4.78 is 12.8. The molecule has 0 heterocycles. The standard InChI is InChI=1S/C17H19FN2O/c1-20(2)17(21)11-13-5-9-16(10-6-13)19-12-14-3-7-15(18)8-4-14/h3-10,19H,11-12H2,1-2H3. The molecule has 0 unspecified atom stereocenters. The Bertz CT molecular complexity index is 591. The zero-order valence-corrected chi connectivity index (χ0v) is 12.3. The quantitative estimate of drug-likeness (QED) is 0.916. The number of anilines is 1. The third-order valence-electron chi connectivity index (χ3n) is 3.22. The second-order valence-electron chi connectivity index (χ2n) is 5.14. The molecular formula is C17H19FN2O. The first-order valence-electron chi connectivity index (χ1n) is 6.82. The molecule has 1 N–H and O–H groups in total. The lowest BCUT2D eigenvalue weighted by Crippen LogP contribution is -2.23. The van der Waals surface area contributed by atoms with Gasteiger partial charge in [0.05, 0.1) is 6.42 Å². The second kappa shape index (κ2) is 6.88. The fourth-order valence-corrected chi connectivity index (χ4v) is 1.88. The van der Waals surface area contributed by atoms with Crippen molar-refractivity contribution in [3.05, 3.63) is 65.5 Å². The molecule has 2 aromatic rings. The number of rotatable bonds is 5. The Labute approximate surface area is 124 Å². The minimum absolute atomic E-state index is 0.0852. The Morgan fingerprint density at radius 2 is 1.57 bits per heavy atom. The lowest BCUT2D eigenvalue weighted by Gasteiger charge is -2.11. The average Bonchev–Trinajstić information content (AvgIpc) is 2.48. The zero-order chi connectivity index (χ0) is 15.2. The van der Waals surface area contributed by atoms with Crippen LogP contribution in [0.5, 0.6) is 0 Å². The summed E-state index contributed by atoms with van der Waals surface area (Å²) >= 11 is 0. The van der Waals surface area contributed by atoms with Crippen LogP contribution in [0.2, 0.25) is 0 Å². The topological polar surface area (TPSA) is 32.3 Å². The average molecular weight is 286 g/mol. The van der Waals surface area contributed by atoms with Gasteiger partial charge in [0.25, 0.3) is 0 Å². The van der Waals surface area contributed by atoms with E-state index in [2.05, 4.69) is 5.32 Å². The molecule has 0 saturated heterocycles. The van der Waals surface area contributed by atoms with Crippen LogP contribution >= 0.6 is 0 Å². The maximum absolute atomic E-state index is 12.8. The van der Waals surface area contributed by atoms with Gasteiger partial charge in [-0.3, -0.25) is 4.79 Å². The number of nitrogens with one attached hydrogen (secondary N) is 1. The summed E-state index contributed by atoms with van der Waals surface area (Å²) in [4.78, 5) is 13.2. The highest BCUT2D eigenvalue weighted by atomic mass is 19.1. The third kappa shape index (κ3) is 4.60. The fraction of sp³-hybridized carbons (Fsp3) is 0.235. The molecule has 110 valence electrons. The van der Waals surface area contributed by atoms with Crippen LogP contribution in [0.25, 0.3) is 0 Å². The van der Waals surface area contributed by atoms with Gasteiger partial charge in [-0.15, -0.1) is 0 Å². The predicted octanol–water partition coefficient (Wildman–Crippen LogP) is 3.07. The lowest BCUT2D eigenvalue weighted by atomic mass is 10.1. The number of benzene rings is 2. The van der Waals surface area contributed by atoms with Crippen molar-refractivity contribution in [2.75, 3.05) is 19.4 Å². The van der Waals surface area contributed by atoms with Crippen LogP contribution in [0.1, 0.15) is 11.1 Å². The van der Waals surface area contributed by atoms with Gasteiger partial charge in [0.15, 0.2) is 0 Å². The van der Waals surface area contributed by atoms with Crippen LogP contribution in [0.4, 0.5) is 10.1 Å². The number of halogens is 1. The van der Waals surface area contributed by atoms with Gasteiger partial charge in [0.1, 0.15) is 5.82 Å². The number of carbonyl (C=O) groups excluding carboxylic acids is 1. The highest BCUT2D eigenvalue weighted by molar-refractivity contribution is 5.78. The van der Waals surface area contributed by atoms with Crippen molar-refractivity contribution in [2.24, 2.45) is 0 Å². The number of likely N-dealkylation sites (N-methyl/N-ethyl adjacent to an activating group) is 1. The van der Waals surface area contributed by atoms with Crippen molar-refractivity contribution in [1.82, 2.24) is 4.90 Å².